The summed E-state index contributed by atoms with van der Waals surface area (Å²) in [4.78, 5) is 13.1. The van der Waals surface area contributed by atoms with E-state index in [0.717, 1.165) is 46.5 Å². The topological polar surface area (TPSA) is 54.0 Å². The molecule has 1 aliphatic carbocycles. The molecule has 0 aromatic heterocycles. The Morgan fingerprint density at radius 3 is 1.75 bits per heavy atom. The Morgan fingerprint density at radius 2 is 1.21 bits per heavy atom. The van der Waals surface area contributed by atoms with Gasteiger partial charge in [0.05, 0.1) is 0 Å². The zero-order valence-electron chi connectivity index (χ0n) is 15.8. The number of ether oxygens (including phenoxy) is 4. The summed E-state index contributed by atoms with van der Waals surface area (Å²) in [6.45, 7) is 3.57. The SMILES string of the molecule is O=C1c2cccc3c2Cc2c(cccc21)OCCOCC[Se]CCOCCO3. The zero-order valence-corrected chi connectivity index (χ0v) is 17.5. The zero-order chi connectivity index (χ0) is 19.2. The number of hydrogen-bond donors (Lipinski definition) is 0. The van der Waals surface area contributed by atoms with Crippen LogP contribution in [0, 0.1) is 0 Å². The van der Waals surface area contributed by atoms with Crippen LogP contribution in [-0.4, -0.2) is 60.4 Å². The molecule has 2 aromatic carbocycles. The second kappa shape index (κ2) is 9.57. The number of carbonyl (C=O) groups is 1. The maximum absolute atomic E-state index is 13.1. The molecule has 2 aliphatic rings. The molecule has 0 radical (unpaired) electrons. The van der Waals surface area contributed by atoms with Gasteiger partial charge in [0.15, 0.2) is 0 Å². The standard InChI is InChI=1S/C22H24O5Se/c23-22-16-3-1-5-20-18(16)15-19-17(22)4-2-6-21(19)27-10-8-25-12-14-28-13-11-24-7-9-26-20/h1-6H,7-15H2. The van der Waals surface area contributed by atoms with Gasteiger partial charge in [0, 0.05) is 0 Å². The predicted molar refractivity (Wildman–Crippen MR) is 107 cm³/mol. The Morgan fingerprint density at radius 1 is 0.679 bits per heavy atom. The Balaban J connectivity index is 1.61. The van der Waals surface area contributed by atoms with Crippen molar-refractivity contribution in [3.63, 3.8) is 0 Å². The monoisotopic (exact) mass is 448 g/mol. The summed E-state index contributed by atoms with van der Waals surface area (Å²) in [5, 5.41) is 2.16. The second-order valence-corrected chi connectivity index (χ2v) is 9.17. The molecule has 0 amide bonds. The van der Waals surface area contributed by atoms with Crippen molar-refractivity contribution in [2.75, 3.05) is 39.6 Å². The Bertz CT molecular complexity index is 770. The van der Waals surface area contributed by atoms with Gasteiger partial charge >= 0.3 is 171 Å². The predicted octanol–water partition coefficient (Wildman–Crippen LogP) is 3.17. The summed E-state index contributed by atoms with van der Waals surface area (Å²) in [6, 6.07) is 11.4. The first-order chi connectivity index (χ1) is 13.8. The summed E-state index contributed by atoms with van der Waals surface area (Å²) in [5.74, 6) is 1.53. The quantitative estimate of drug-likeness (QED) is 0.496. The molecule has 6 heteroatoms. The van der Waals surface area contributed by atoms with Gasteiger partial charge < -0.3 is 0 Å². The van der Waals surface area contributed by atoms with E-state index in [-0.39, 0.29) is 5.78 Å². The molecule has 4 rings (SSSR count). The molecular formula is C22H24O5Se. The Hall–Kier alpha value is -1.85. The molecule has 148 valence electrons. The van der Waals surface area contributed by atoms with Crippen LogP contribution >= 0.6 is 0 Å². The van der Waals surface area contributed by atoms with Crippen molar-refractivity contribution >= 4 is 20.7 Å². The summed E-state index contributed by atoms with van der Waals surface area (Å²) in [6.07, 6.45) is 0.618. The molecule has 5 nitrogen and oxygen atoms in total. The number of benzene rings is 2. The second-order valence-electron chi connectivity index (χ2n) is 6.60. The molecule has 0 saturated carbocycles. The van der Waals surface area contributed by atoms with Gasteiger partial charge in [-0.1, -0.05) is 0 Å². The van der Waals surface area contributed by atoms with E-state index in [1.165, 1.54) is 0 Å². The van der Waals surface area contributed by atoms with Gasteiger partial charge in [0.1, 0.15) is 0 Å². The summed E-state index contributed by atoms with van der Waals surface area (Å²) < 4.78 is 23.3. The fourth-order valence-electron chi connectivity index (χ4n) is 3.48. The first kappa shape index (κ1) is 19.5. The van der Waals surface area contributed by atoms with Gasteiger partial charge in [-0.05, 0) is 0 Å². The Labute approximate surface area is 171 Å². The van der Waals surface area contributed by atoms with Crippen molar-refractivity contribution in [1.29, 1.82) is 0 Å². The molecule has 2 aromatic rings. The van der Waals surface area contributed by atoms with Gasteiger partial charge in [0.2, 0.25) is 0 Å². The molecule has 0 fully saturated rings. The molecule has 1 heterocycles. The van der Waals surface area contributed by atoms with E-state index in [1.807, 2.05) is 36.4 Å². The van der Waals surface area contributed by atoms with Crippen LogP contribution < -0.4 is 9.47 Å². The number of hydrogen-bond acceptors (Lipinski definition) is 5. The van der Waals surface area contributed by atoms with Crippen LogP contribution in [0.5, 0.6) is 11.5 Å². The first-order valence-electron chi connectivity index (χ1n) is 9.62. The van der Waals surface area contributed by atoms with Crippen LogP contribution in [0.4, 0.5) is 0 Å². The van der Waals surface area contributed by atoms with Gasteiger partial charge in [-0.25, -0.2) is 0 Å². The van der Waals surface area contributed by atoms with Crippen LogP contribution in [0.1, 0.15) is 27.0 Å². The molecule has 2 bridgehead atoms. The minimum absolute atomic E-state index is 0.0243. The van der Waals surface area contributed by atoms with Crippen molar-refractivity contribution < 1.29 is 23.7 Å². The van der Waals surface area contributed by atoms with Crippen LogP contribution in [0.3, 0.4) is 0 Å². The van der Waals surface area contributed by atoms with Crippen LogP contribution in [0.2, 0.25) is 10.6 Å². The number of carbonyl (C=O) groups excluding carboxylic acids is 1. The van der Waals surface area contributed by atoms with E-state index < -0.39 is 0 Å². The van der Waals surface area contributed by atoms with Gasteiger partial charge in [-0.2, -0.15) is 0 Å². The molecule has 1 aliphatic heterocycles. The number of ketones is 1. The van der Waals surface area contributed by atoms with E-state index in [9.17, 15) is 4.79 Å². The van der Waals surface area contributed by atoms with E-state index in [4.69, 9.17) is 18.9 Å². The van der Waals surface area contributed by atoms with Gasteiger partial charge in [0.25, 0.3) is 0 Å². The number of rotatable bonds is 0. The van der Waals surface area contributed by atoms with Crippen LogP contribution in [-0.2, 0) is 15.9 Å². The summed E-state index contributed by atoms with van der Waals surface area (Å²) in [7, 11) is 0. The molecule has 0 unspecified atom stereocenters. The fraction of sp³-hybridized carbons (Fsp3) is 0.409. The molecule has 0 saturated heterocycles. The van der Waals surface area contributed by atoms with Gasteiger partial charge in [-0.15, -0.1) is 0 Å². The first-order valence-corrected chi connectivity index (χ1v) is 12.0. The third kappa shape index (κ3) is 4.41. The molecule has 28 heavy (non-hydrogen) atoms. The van der Waals surface area contributed by atoms with Crippen molar-refractivity contribution in [3.8, 4) is 11.5 Å². The average Bonchev–Trinajstić information content (AvgIpc) is 2.71. The molecular weight excluding hydrogens is 423 g/mol. The fourth-order valence-corrected chi connectivity index (χ4v) is 4.89. The molecule has 0 atom stereocenters. The third-order valence-corrected chi connectivity index (χ3v) is 6.73. The third-order valence-electron chi connectivity index (χ3n) is 4.82. The van der Waals surface area contributed by atoms with E-state index in [0.29, 0.717) is 58.9 Å². The van der Waals surface area contributed by atoms with Crippen molar-refractivity contribution in [3.05, 3.63) is 58.7 Å². The van der Waals surface area contributed by atoms with Crippen LogP contribution in [0.15, 0.2) is 36.4 Å². The molecule has 0 N–H and O–H groups in total. The Kier molecular flexibility index (Phi) is 6.65. The van der Waals surface area contributed by atoms with E-state index in [1.54, 1.807) is 0 Å². The van der Waals surface area contributed by atoms with Gasteiger partial charge in [-0.3, -0.25) is 0 Å². The van der Waals surface area contributed by atoms with Crippen molar-refractivity contribution in [1.82, 2.24) is 0 Å². The minimum atomic E-state index is 0.0243. The van der Waals surface area contributed by atoms with E-state index in [2.05, 4.69) is 0 Å². The summed E-state index contributed by atoms with van der Waals surface area (Å²) in [5.41, 5.74) is 3.28. The van der Waals surface area contributed by atoms with E-state index >= 15 is 0 Å². The average molecular weight is 447 g/mol. The normalized spacial score (nSPS) is 18.4. The summed E-state index contributed by atoms with van der Waals surface area (Å²) >= 11 is 0.539. The maximum atomic E-state index is 13.1. The molecule has 0 spiro atoms. The van der Waals surface area contributed by atoms with Crippen molar-refractivity contribution in [2.24, 2.45) is 0 Å². The van der Waals surface area contributed by atoms with Crippen LogP contribution in [0.25, 0.3) is 0 Å². The van der Waals surface area contributed by atoms with Crippen molar-refractivity contribution in [2.45, 2.75) is 17.1 Å².